The van der Waals surface area contributed by atoms with Gasteiger partial charge in [-0.3, -0.25) is 14.4 Å². The van der Waals surface area contributed by atoms with Gasteiger partial charge in [-0.2, -0.15) is 5.10 Å². The van der Waals surface area contributed by atoms with Crippen molar-refractivity contribution < 1.29 is 29.0 Å². The van der Waals surface area contributed by atoms with Crippen LogP contribution in [-0.2, 0) is 19.9 Å². The second kappa shape index (κ2) is 7.75. The molecule has 0 saturated carbocycles. The number of ether oxygens (including phenoxy) is 2. The average Bonchev–Trinajstić information content (AvgIpc) is 3.31. The average molecular weight is 423 g/mol. The van der Waals surface area contributed by atoms with E-state index in [9.17, 15) is 14.4 Å². The Labute approximate surface area is 178 Å². The molecule has 2 aromatic carbocycles. The number of hydrazone groups is 1. The van der Waals surface area contributed by atoms with E-state index in [2.05, 4.69) is 10.4 Å². The Bertz CT molecular complexity index is 1110. The Morgan fingerprint density at radius 3 is 2.65 bits per heavy atom. The molecule has 160 valence electrons. The van der Waals surface area contributed by atoms with Gasteiger partial charge in [-0.15, -0.1) is 0 Å². The van der Waals surface area contributed by atoms with Crippen molar-refractivity contribution in [2.45, 2.75) is 24.8 Å². The van der Waals surface area contributed by atoms with E-state index < -0.39 is 23.3 Å². The van der Waals surface area contributed by atoms with E-state index in [0.29, 0.717) is 34.0 Å². The van der Waals surface area contributed by atoms with E-state index in [4.69, 9.17) is 14.6 Å². The largest absolute Gasteiger partial charge is 0.497 e. The topological polar surface area (TPSA) is 118 Å². The molecule has 9 heteroatoms. The molecule has 0 bridgehead atoms. The molecular formula is C22H21N3O6. The van der Waals surface area contributed by atoms with Gasteiger partial charge in [-0.1, -0.05) is 18.2 Å². The number of nitrogens with one attached hydrogen (secondary N) is 1. The van der Waals surface area contributed by atoms with Crippen LogP contribution in [0, 0.1) is 0 Å². The Morgan fingerprint density at radius 2 is 1.94 bits per heavy atom. The lowest BCUT2D eigenvalue weighted by Crippen LogP contribution is -2.48. The summed E-state index contributed by atoms with van der Waals surface area (Å²) in [6.07, 6.45) is -0.529. The summed E-state index contributed by atoms with van der Waals surface area (Å²) in [7, 11) is 3.05. The lowest BCUT2D eigenvalue weighted by molar-refractivity contribution is -0.146. The van der Waals surface area contributed by atoms with Gasteiger partial charge in [0, 0.05) is 29.7 Å². The summed E-state index contributed by atoms with van der Waals surface area (Å²) in [5.74, 6) is -0.957. The summed E-state index contributed by atoms with van der Waals surface area (Å²) in [5.41, 5.74) is 0.871. The molecule has 1 atom stereocenters. The molecule has 2 aliphatic heterocycles. The van der Waals surface area contributed by atoms with E-state index in [1.807, 2.05) is 0 Å². The Balaban J connectivity index is 1.84. The number of carbonyl (C=O) groups excluding carboxylic acids is 2. The number of hydrogen-bond donors (Lipinski definition) is 2. The Hall–Kier alpha value is -3.88. The minimum Gasteiger partial charge on any atom is -0.497 e. The summed E-state index contributed by atoms with van der Waals surface area (Å²) < 4.78 is 10.8. The maximum Gasteiger partial charge on any atom is 0.303 e. The van der Waals surface area contributed by atoms with Crippen molar-refractivity contribution in [2.75, 3.05) is 19.5 Å². The van der Waals surface area contributed by atoms with Gasteiger partial charge in [0.1, 0.15) is 11.5 Å². The number of amides is 2. The van der Waals surface area contributed by atoms with Gasteiger partial charge in [0.2, 0.25) is 5.91 Å². The first-order chi connectivity index (χ1) is 14.9. The number of rotatable bonds is 6. The van der Waals surface area contributed by atoms with E-state index in [-0.39, 0.29) is 19.3 Å². The number of carbonyl (C=O) groups is 3. The number of fused-ring (bicyclic) bond motifs is 2. The summed E-state index contributed by atoms with van der Waals surface area (Å²) in [5, 5.41) is 17.5. The number of para-hydroxylation sites is 1. The zero-order valence-corrected chi connectivity index (χ0v) is 17.0. The minimum absolute atomic E-state index is 0.109. The minimum atomic E-state index is -1.39. The molecule has 4 rings (SSSR count). The number of carboxylic acids is 1. The third kappa shape index (κ3) is 3.27. The highest BCUT2D eigenvalue weighted by Crippen LogP contribution is 2.48. The van der Waals surface area contributed by atoms with Gasteiger partial charge in [0.15, 0.2) is 5.54 Å². The molecule has 2 heterocycles. The van der Waals surface area contributed by atoms with Gasteiger partial charge in [-0.05, 0) is 24.3 Å². The molecule has 2 aliphatic rings. The van der Waals surface area contributed by atoms with Gasteiger partial charge >= 0.3 is 5.97 Å². The van der Waals surface area contributed by atoms with Gasteiger partial charge < -0.3 is 19.9 Å². The van der Waals surface area contributed by atoms with Crippen molar-refractivity contribution in [1.82, 2.24) is 5.01 Å². The van der Waals surface area contributed by atoms with Crippen LogP contribution in [0.5, 0.6) is 11.5 Å². The fourth-order valence-corrected chi connectivity index (χ4v) is 4.02. The zero-order valence-electron chi connectivity index (χ0n) is 17.0. The normalized spacial score (nSPS) is 19.1. The summed E-state index contributed by atoms with van der Waals surface area (Å²) in [6, 6.07) is 12.3. The van der Waals surface area contributed by atoms with Crippen molar-refractivity contribution in [1.29, 1.82) is 0 Å². The standard InChI is InChI=1S/C22H21N3O6/c1-30-13-7-8-18(31-2)14(11-13)17-12-22(25(24-17)19(26)9-10-20(27)28)15-5-3-4-6-16(15)23-21(22)29/h3-8,11H,9-10,12H2,1-2H3,(H,23,29)(H,27,28)/t22-/m0/s1. The molecule has 2 aromatic rings. The van der Waals surface area contributed by atoms with Crippen LogP contribution in [0.25, 0.3) is 0 Å². The fraction of sp³-hybridized carbons (Fsp3) is 0.273. The second-order valence-corrected chi connectivity index (χ2v) is 7.25. The number of benzene rings is 2. The SMILES string of the molecule is COc1ccc(OC)c(C2=NN(C(=O)CCC(=O)O)[C@]3(C2)C(=O)Nc2ccccc23)c1. The van der Waals surface area contributed by atoms with E-state index in [1.54, 1.807) is 42.5 Å². The number of methoxy groups -OCH3 is 2. The molecule has 31 heavy (non-hydrogen) atoms. The first kappa shape index (κ1) is 20.4. The molecule has 9 nitrogen and oxygen atoms in total. The predicted octanol–water partition coefficient (Wildman–Crippen LogP) is 2.35. The van der Waals surface area contributed by atoms with Crippen molar-refractivity contribution >= 4 is 29.2 Å². The Kier molecular flexibility index (Phi) is 5.10. The van der Waals surface area contributed by atoms with E-state index >= 15 is 0 Å². The monoisotopic (exact) mass is 423 g/mol. The molecular weight excluding hydrogens is 402 g/mol. The van der Waals surface area contributed by atoms with Crippen LogP contribution in [0.3, 0.4) is 0 Å². The van der Waals surface area contributed by atoms with Crippen LogP contribution >= 0.6 is 0 Å². The molecule has 2 amide bonds. The predicted molar refractivity (Wildman–Crippen MR) is 111 cm³/mol. The first-order valence-electron chi connectivity index (χ1n) is 9.66. The molecule has 0 aromatic heterocycles. The first-order valence-corrected chi connectivity index (χ1v) is 9.66. The maximum absolute atomic E-state index is 13.2. The van der Waals surface area contributed by atoms with Gasteiger partial charge in [0.25, 0.3) is 5.91 Å². The fourth-order valence-electron chi connectivity index (χ4n) is 4.02. The summed E-state index contributed by atoms with van der Waals surface area (Å²) >= 11 is 0. The number of hydrogen-bond acceptors (Lipinski definition) is 6. The Morgan fingerprint density at radius 1 is 1.16 bits per heavy atom. The number of nitrogens with zero attached hydrogens (tertiary/aromatic N) is 2. The van der Waals surface area contributed by atoms with Crippen LogP contribution in [-0.4, -0.2) is 47.8 Å². The highest BCUT2D eigenvalue weighted by atomic mass is 16.5. The lowest BCUT2D eigenvalue weighted by atomic mass is 9.84. The molecule has 0 unspecified atom stereocenters. The number of anilines is 1. The summed E-state index contributed by atoms with van der Waals surface area (Å²) in [4.78, 5) is 37.3. The van der Waals surface area contributed by atoms with Gasteiger partial charge in [0.05, 0.1) is 26.4 Å². The second-order valence-electron chi connectivity index (χ2n) is 7.25. The number of aliphatic carboxylic acids is 1. The summed E-state index contributed by atoms with van der Waals surface area (Å²) in [6.45, 7) is 0. The quantitative estimate of drug-likeness (QED) is 0.737. The lowest BCUT2D eigenvalue weighted by Gasteiger charge is -2.30. The van der Waals surface area contributed by atoms with Crippen molar-refractivity contribution in [3.05, 3.63) is 53.6 Å². The molecule has 0 saturated heterocycles. The smallest absolute Gasteiger partial charge is 0.303 e. The van der Waals surface area contributed by atoms with Crippen LogP contribution < -0.4 is 14.8 Å². The molecule has 0 aliphatic carbocycles. The molecule has 2 N–H and O–H groups in total. The van der Waals surface area contributed by atoms with E-state index in [1.165, 1.54) is 14.2 Å². The van der Waals surface area contributed by atoms with Crippen LogP contribution in [0.4, 0.5) is 5.69 Å². The van der Waals surface area contributed by atoms with Crippen molar-refractivity contribution in [3.8, 4) is 11.5 Å². The highest BCUT2D eigenvalue weighted by molar-refractivity contribution is 6.15. The van der Waals surface area contributed by atoms with E-state index in [0.717, 1.165) is 5.01 Å². The van der Waals surface area contributed by atoms with Crippen LogP contribution in [0.2, 0.25) is 0 Å². The van der Waals surface area contributed by atoms with Gasteiger partial charge in [-0.25, -0.2) is 5.01 Å². The molecule has 0 fully saturated rings. The van der Waals surface area contributed by atoms with Crippen LogP contribution in [0.15, 0.2) is 47.6 Å². The van der Waals surface area contributed by atoms with Crippen LogP contribution in [0.1, 0.15) is 30.4 Å². The zero-order chi connectivity index (χ0) is 22.2. The number of carboxylic acid groups (broad SMARTS) is 1. The van der Waals surface area contributed by atoms with Crippen molar-refractivity contribution in [3.63, 3.8) is 0 Å². The third-order valence-corrected chi connectivity index (χ3v) is 5.51. The maximum atomic E-state index is 13.2. The molecule has 0 radical (unpaired) electrons. The highest BCUT2D eigenvalue weighted by Gasteiger charge is 2.57. The molecule has 1 spiro atoms. The van der Waals surface area contributed by atoms with Crippen molar-refractivity contribution in [2.24, 2.45) is 5.10 Å². The third-order valence-electron chi connectivity index (χ3n) is 5.51.